The lowest BCUT2D eigenvalue weighted by Gasteiger charge is -2.06. The minimum absolute atomic E-state index is 0.0339. The summed E-state index contributed by atoms with van der Waals surface area (Å²) in [6.07, 6.45) is 0.280. The van der Waals surface area contributed by atoms with Crippen molar-refractivity contribution in [1.82, 2.24) is 9.78 Å². The van der Waals surface area contributed by atoms with Crippen molar-refractivity contribution in [3.05, 3.63) is 40.2 Å². The Bertz CT molecular complexity index is 586. The quantitative estimate of drug-likeness (QED) is 0.604. The van der Waals surface area contributed by atoms with Crippen LogP contribution in [0.25, 0.3) is 5.69 Å². The normalized spacial score (nSPS) is 10.6. The number of phenols is 1. The molecule has 90 valence electrons. The Morgan fingerprint density at radius 3 is 2.65 bits per heavy atom. The molecule has 0 spiro atoms. The fourth-order valence-electron chi connectivity index (χ4n) is 1.66. The summed E-state index contributed by atoms with van der Waals surface area (Å²) in [6.45, 7) is 0.265. The topological polar surface area (TPSA) is 104 Å². The van der Waals surface area contributed by atoms with Gasteiger partial charge in [0.25, 0.3) is 5.56 Å². The van der Waals surface area contributed by atoms with Crippen LogP contribution >= 0.6 is 0 Å². The van der Waals surface area contributed by atoms with Gasteiger partial charge in [-0.2, -0.15) is 0 Å². The van der Waals surface area contributed by atoms with Crippen molar-refractivity contribution in [2.75, 3.05) is 6.54 Å². The molecule has 0 amide bonds. The smallest absolute Gasteiger partial charge is 0.271 e. The number of nitrogens with two attached hydrogens (primary N) is 1. The van der Waals surface area contributed by atoms with Gasteiger partial charge in [0.15, 0.2) is 0 Å². The molecule has 0 fully saturated rings. The molecule has 0 atom stereocenters. The number of phenolic OH excluding ortho intramolecular Hbond substituents is 1. The number of nitrogens with one attached hydrogen (secondary N) is 1. The summed E-state index contributed by atoms with van der Waals surface area (Å²) in [7, 11) is 0. The highest BCUT2D eigenvalue weighted by Gasteiger charge is 2.15. The third-order valence-corrected chi connectivity index (χ3v) is 2.49. The number of benzene rings is 1. The van der Waals surface area contributed by atoms with Crippen molar-refractivity contribution >= 4 is 0 Å². The van der Waals surface area contributed by atoms with E-state index in [0.717, 1.165) is 4.68 Å². The van der Waals surface area contributed by atoms with E-state index in [0.29, 0.717) is 5.69 Å². The first-order valence-corrected chi connectivity index (χ1v) is 5.16. The first kappa shape index (κ1) is 11.3. The Kier molecular flexibility index (Phi) is 2.88. The molecule has 0 aliphatic carbocycles. The Morgan fingerprint density at radius 1 is 1.29 bits per heavy atom. The number of nitrogens with zero attached hydrogens (tertiary/aromatic N) is 1. The lowest BCUT2D eigenvalue weighted by molar-refractivity contribution is 0.419. The Balaban J connectivity index is 2.58. The van der Waals surface area contributed by atoms with E-state index in [9.17, 15) is 15.0 Å². The summed E-state index contributed by atoms with van der Waals surface area (Å²) in [5.41, 5.74) is 5.48. The lowest BCUT2D eigenvalue weighted by atomic mass is 10.2. The first-order chi connectivity index (χ1) is 8.15. The molecule has 0 radical (unpaired) electrons. The fraction of sp³-hybridized carbons (Fsp3) is 0.182. The van der Waals surface area contributed by atoms with Gasteiger partial charge in [-0.3, -0.25) is 9.89 Å². The highest BCUT2D eigenvalue weighted by atomic mass is 16.3. The van der Waals surface area contributed by atoms with Crippen LogP contribution in [-0.2, 0) is 6.42 Å². The minimum Gasteiger partial charge on any atom is -0.506 e. The second-order valence-corrected chi connectivity index (χ2v) is 3.61. The average molecular weight is 235 g/mol. The van der Waals surface area contributed by atoms with E-state index in [4.69, 9.17) is 5.73 Å². The molecule has 0 unspecified atom stereocenters. The molecule has 2 rings (SSSR count). The first-order valence-electron chi connectivity index (χ1n) is 5.16. The zero-order chi connectivity index (χ0) is 12.4. The van der Waals surface area contributed by atoms with Gasteiger partial charge in [0.05, 0.1) is 5.56 Å². The van der Waals surface area contributed by atoms with Gasteiger partial charge in [0, 0.05) is 0 Å². The van der Waals surface area contributed by atoms with Gasteiger partial charge >= 0.3 is 0 Å². The summed E-state index contributed by atoms with van der Waals surface area (Å²) in [6, 6.07) is 6.39. The number of H-pyrrole nitrogens is 1. The van der Waals surface area contributed by atoms with Gasteiger partial charge in [0.2, 0.25) is 5.88 Å². The van der Waals surface area contributed by atoms with Crippen LogP contribution < -0.4 is 11.3 Å². The fourth-order valence-corrected chi connectivity index (χ4v) is 1.66. The molecular formula is C11H13N3O3. The summed E-state index contributed by atoms with van der Waals surface area (Å²) in [4.78, 5) is 11.6. The Morgan fingerprint density at radius 2 is 2.00 bits per heavy atom. The van der Waals surface area contributed by atoms with Gasteiger partial charge in [-0.15, -0.1) is 0 Å². The monoisotopic (exact) mass is 235 g/mol. The second kappa shape index (κ2) is 4.34. The molecular weight excluding hydrogens is 222 g/mol. The largest absolute Gasteiger partial charge is 0.506 e. The molecule has 2 aromatic rings. The molecule has 1 aromatic carbocycles. The van der Waals surface area contributed by atoms with Gasteiger partial charge in [0.1, 0.15) is 11.4 Å². The van der Waals surface area contributed by atoms with Crippen LogP contribution in [0.4, 0.5) is 0 Å². The van der Waals surface area contributed by atoms with E-state index in [1.165, 1.54) is 6.07 Å². The predicted octanol–water partition coefficient (Wildman–Crippen LogP) is 0.0780. The number of hydrogen-bond donors (Lipinski definition) is 4. The van der Waals surface area contributed by atoms with E-state index < -0.39 is 5.56 Å². The lowest BCUT2D eigenvalue weighted by Crippen LogP contribution is -2.11. The van der Waals surface area contributed by atoms with Crippen molar-refractivity contribution in [3.63, 3.8) is 0 Å². The molecule has 0 bridgehead atoms. The zero-order valence-electron chi connectivity index (χ0n) is 9.05. The molecule has 6 heteroatoms. The molecule has 0 saturated carbocycles. The van der Waals surface area contributed by atoms with Crippen molar-refractivity contribution < 1.29 is 10.2 Å². The number of rotatable bonds is 3. The predicted molar refractivity (Wildman–Crippen MR) is 62.5 cm³/mol. The van der Waals surface area contributed by atoms with Crippen LogP contribution in [0.2, 0.25) is 0 Å². The maximum atomic E-state index is 11.6. The molecule has 6 nitrogen and oxygen atoms in total. The van der Waals surface area contributed by atoms with Crippen LogP contribution in [0.1, 0.15) is 5.56 Å². The van der Waals surface area contributed by atoms with Crippen molar-refractivity contribution in [3.8, 4) is 17.3 Å². The molecule has 0 aliphatic heterocycles. The number of hydrogen-bond acceptors (Lipinski definition) is 4. The minimum atomic E-state index is -0.406. The van der Waals surface area contributed by atoms with Gasteiger partial charge in [-0.25, -0.2) is 4.68 Å². The SMILES string of the molecule is NCCc1c(O)n(-c2ccccc2O)[nH]c1=O. The van der Waals surface area contributed by atoms with Crippen molar-refractivity contribution in [2.45, 2.75) is 6.42 Å². The number of para-hydroxylation sites is 2. The van der Waals surface area contributed by atoms with Gasteiger partial charge < -0.3 is 15.9 Å². The highest BCUT2D eigenvalue weighted by molar-refractivity contribution is 5.47. The standard InChI is InChI=1S/C11H13N3O3/c12-6-5-7-10(16)13-14(11(7)17)8-3-1-2-4-9(8)15/h1-4,15,17H,5-6,12H2,(H,13,16). The molecule has 5 N–H and O–H groups in total. The highest BCUT2D eigenvalue weighted by Crippen LogP contribution is 2.25. The van der Waals surface area contributed by atoms with E-state index >= 15 is 0 Å². The van der Waals surface area contributed by atoms with E-state index in [1.807, 2.05) is 0 Å². The number of aromatic hydroxyl groups is 2. The second-order valence-electron chi connectivity index (χ2n) is 3.61. The molecule has 1 heterocycles. The van der Waals surface area contributed by atoms with Crippen LogP contribution in [-0.4, -0.2) is 26.5 Å². The summed E-state index contributed by atoms with van der Waals surface area (Å²) < 4.78 is 1.14. The molecule has 17 heavy (non-hydrogen) atoms. The molecule has 0 aliphatic rings. The zero-order valence-corrected chi connectivity index (χ0v) is 9.05. The van der Waals surface area contributed by atoms with E-state index in [2.05, 4.69) is 5.10 Å². The third-order valence-electron chi connectivity index (χ3n) is 2.49. The summed E-state index contributed by atoms with van der Waals surface area (Å²) in [5, 5.41) is 22.0. The number of aromatic amines is 1. The van der Waals surface area contributed by atoms with Gasteiger partial charge in [-0.05, 0) is 25.1 Å². The summed E-state index contributed by atoms with van der Waals surface area (Å²) in [5.74, 6) is -0.254. The maximum absolute atomic E-state index is 11.6. The van der Waals surface area contributed by atoms with E-state index in [1.54, 1.807) is 18.2 Å². The Hall–Kier alpha value is -2.21. The van der Waals surface area contributed by atoms with Gasteiger partial charge in [-0.1, -0.05) is 12.1 Å². The average Bonchev–Trinajstić information content (AvgIpc) is 2.58. The van der Waals surface area contributed by atoms with E-state index in [-0.39, 0.29) is 30.2 Å². The van der Waals surface area contributed by atoms with Crippen LogP contribution in [0, 0.1) is 0 Å². The number of aromatic nitrogens is 2. The molecule has 0 saturated heterocycles. The van der Waals surface area contributed by atoms with Crippen molar-refractivity contribution in [2.24, 2.45) is 5.73 Å². The third kappa shape index (κ3) is 1.90. The Labute approximate surface area is 96.9 Å². The molecule has 1 aromatic heterocycles. The van der Waals surface area contributed by atoms with Crippen LogP contribution in [0.15, 0.2) is 29.1 Å². The van der Waals surface area contributed by atoms with Crippen LogP contribution in [0.5, 0.6) is 11.6 Å². The maximum Gasteiger partial charge on any atom is 0.271 e. The van der Waals surface area contributed by atoms with Crippen molar-refractivity contribution in [1.29, 1.82) is 0 Å². The van der Waals surface area contributed by atoms with Crippen LogP contribution in [0.3, 0.4) is 0 Å². The summed E-state index contributed by atoms with van der Waals surface area (Å²) >= 11 is 0.